The summed E-state index contributed by atoms with van der Waals surface area (Å²) in [6.07, 6.45) is 2.96. The SMILES string of the molecule is CC(CCO)CCC([Se]c1ccccc1)C(C)(C)O. The van der Waals surface area contributed by atoms with Crippen LogP contribution in [0.3, 0.4) is 0 Å². The maximum absolute atomic E-state index is 10.3. The van der Waals surface area contributed by atoms with Crippen molar-refractivity contribution < 1.29 is 10.2 Å². The normalized spacial score (nSPS) is 15.2. The first-order valence-corrected chi connectivity index (χ1v) is 8.83. The first-order valence-electron chi connectivity index (χ1n) is 6.98. The molecule has 1 aromatic carbocycles. The molecule has 19 heavy (non-hydrogen) atoms. The Balaban J connectivity index is 2.58. The Labute approximate surface area is 123 Å². The van der Waals surface area contributed by atoms with Gasteiger partial charge in [0, 0.05) is 0 Å². The summed E-state index contributed by atoms with van der Waals surface area (Å²) in [5.41, 5.74) is -0.630. The zero-order chi connectivity index (χ0) is 14.3. The summed E-state index contributed by atoms with van der Waals surface area (Å²) in [6.45, 7) is 6.27. The Morgan fingerprint density at radius 2 is 1.74 bits per heavy atom. The van der Waals surface area contributed by atoms with Crippen molar-refractivity contribution in [1.29, 1.82) is 0 Å². The molecule has 0 saturated carbocycles. The minimum absolute atomic E-state index is 0.262. The first-order chi connectivity index (χ1) is 8.93. The van der Waals surface area contributed by atoms with Crippen LogP contribution < -0.4 is 4.46 Å². The molecule has 0 radical (unpaired) electrons. The molecule has 0 aliphatic heterocycles. The zero-order valence-corrected chi connectivity index (χ0v) is 13.9. The summed E-state index contributed by atoms with van der Waals surface area (Å²) in [5, 5.41) is 19.3. The molecule has 0 aliphatic carbocycles. The van der Waals surface area contributed by atoms with Gasteiger partial charge in [0.05, 0.1) is 0 Å². The molecular formula is C16H26O2Se. The Kier molecular flexibility index (Phi) is 7.09. The monoisotopic (exact) mass is 330 g/mol. The van der Waals surface area contributed by atoms with Gasteiger partial charge in [0.25, 0.3) is 0 Å². The molecule has 1 rings (SSSR count). The second kappa shape index (κ2) is 8.06. The molecule has 0 fully saturated rings. The maximum atomic E-state index is 10.3. The molecule has 0 spiro atoms. The van der Waals surface area contributed by atoms with Crippen molar-refractivity contribution in [3.8, 4) is 0 Å². The Morgan fingerprint density at radius 1 is 1.11 bits per heavy atom. The fraction of sp³-hybridized carbons (Fsp3) is 0.625. The van der Waals surface area contributed by atoms with Crippen LogP contribution in [0.2, 0.25) is 4.82 Å². The van der Waals surface area contributed by atoms with Crippen LogP contribution >= 0.6 is 0 Å². The van der Waals surface area contributed by atoms with Crippen molar-refractivity contribution in [2.45, 2.75) is 50.5 Å². The predicted molar refractivity (Wildman–Crippen MR) is 82.0 cm³/mol. The van der Waals surface area contributed by atoms with E-state index < -0.39 is 5.60 Å². The van der Waals surface area contributed by atoms with E-state index >= 15 is 0 Å². The van der Waals surface area contributed by atoms with Crippen molar-refractivity contribution in [1.82, 2.24) is 0 Å². The van der Waals surface area contributed by atoms with E-state index in [2.05, 4.69) is 31.2 Å². The predicted octanol–water partition coefficient (Wildman–Crippen LogP) is 2.37. The van der Waals surface area contributed by atoms with Crippen LogP contribution in [-0.4, -0.2) is 37.4 Å². The van der Waals surface area contributed by atoms with Gasteiger partial charge in [-0.2, -0.15) is 0 Å². The molecule has 0 bridgehead atoms. The van der Waals surface area contributed by atoms with Crippen LogP contribution in [0.5, 0.6) is 0 Å². The summed E-state index contributed by atoms with van der Waals surface area (Å²) in [4.78, 5) is 0.323. The van der Waals surface area contributed by atoms with Crippen LogP contribution in [0.15, 0.2) is 30.3 Å². The second-order valence-electron chi connectivity index (χ2n) is 5.77. The van der Waals surface area contributed by atoms with Crippen molar-refractivity contribution in [2.75, 3.05) is 6.61 Å². The van der Waals surface area contributed by atoms with Gasteiger partial charge < -0.3 is 0 Å². The number of aliphatic hydroxyl groups excluding tert-OH is 1. The van der Waals surface area contributed by atoms with E-state index in [1.807, 2.05) is 19.9 Å². The van der Waals surface area contributed by atoms with Gasteiger partial charge in [-0.1, -0.05) is 0 Å². The third kappa shape index (κ3) is 6.58. The number of aliphatic hydroxyl groups is 2. The number of hydrogen-bond acceptors (Lipinski definition) is 2. The molecule has 2 nitrogen and oxygen atoms in total. The van der Waals surface area contributed by atoms with E-state index in [0.717, 1.165) is 19.3 Å². The molecular weight excluding hydrogens is 303 g/mol. The molecule has 3 heteroatoms. The van der Waals surface area contributed by atoms with Crippen molar-refractivity contribution >= 4 is 19.4 Å². The van der Waals surface area contributed by atoms with E-state index in [0.29, 0.717) is 25.7 Å². The quantitative estimate of drug-likeness (QED) is 0.719. The Morgan fingerprint density at radius 3 is 2.26 bits per heavy atom. The molecule has 0 amide bonds. The fourth-order valence-electron chi connectivity index (χ4n) is 2.02. The number of benzene rings is 1. The van der Waals surface area contributed by atoms with E-state index in [1.165, 1.54) is 4.46 Å². The van der Waals surface area contributed by atoms with Crippen molar-refractivity contribution in [3.05, 3.63) is 30.3 Å². The zero-order valence-electron chi connectivity index (χ0n) is 12.2. The van der Waals surface area contributed by atoms with Crippen LogP contribution in [0, 0.1) is 5.92 Å². The van der Waals surface area contributed by atoms with E-state index in [9.17, 15) is 5.11 Å². The molecule has 0 aromatic heterocycles. The minimum atomic E-state index is -0.630. The summed E-state index contributed by atoms with van der Waals surface area (Å²) in [6, 6.07) is 10.5. The van der Waals surface area contributed by atoms with Gasteiger partial charge in [0.2, 0.25) is 0 Å². The molecule has 0 aliphatic rings. The Bertz CT molecular complexity index is 346. The molecule has 2 unspecified atom stereocenters. The topological polar surface area (TPSA) is 40.5 Å². The number of rotatable bonds is 8. The summed E-state index contributed by atoms with van der Waals surface area (Å²) in [5.74, 6) is 0.529. The molecule has 0 saturated heterocycles. The van der Waals surface area contributed by atoms with Crippen molar-refractivity contribution in [3.63, 3.8) is 0 Å². The second-order valence-corrected chi connectivity index (χ2v) is 8.45. The molecule has 2 N–H and O–H groups in total. The molecule has 108 valence electrons. The number of hydrogen-bond donors (Lipinski definition) is 2. The third-order valence-electron chi connectivity index (χ3n) is 3.35. The van der Waals surface area contributed by atoms with E-state index in [-0.39, 0.29) is 6.61 Å². The van der Waals surface area contributed by atoms with Gasteiger partial charge in [0.1, 0.15) is 0 Å². The van der Waals surface area contributed by atoms with Crippen LogP contribution in [0.1, 0.15) is 40.0 Å². The average Bonchev–Trinajstić information content (AvgIpc) is 2.34. The third-order valence-corrected chi connectivity index (χ3v) is 6.80. The standard InChI is InChI=1S/C16H26O2Se/c1-13(11-12-17)9-10-15(16(2,3)18)19-14-7-5-4-6-8-14/h4-8,13,15,17-18H,9-12H2,1-3H3. The first kappa shape index (κ1) is 16.7. The van der Waals surface area contributed by atoms with Gasteiger partial charge in [-0.25, -0.2) is 0 Å². The molecule has 1 aromatic rings. The molecule has 0 heterocycles. The Hall–Kier alpha value is -0.341. The van der Waals surface area contributed by atoms with Crippen molar-refractivity contribution in [2.24, 2.45) is 5.92 Å². The fourth-order valence-corrected chi connectivity index (χ4v) is 4.51. The molecule has 2 atom stereocenters. The van der Waals surface area contributed by atoms with E-state index in [4.69, 9.17) is 5.11 Å². The summed E-state index contributed by atoms with van der Waals surface area (Å²) < 4.78 is 1.34. The van der Waals surface area contributed by atoms with Crippen LogP contribution in [-0.2, 0) is 0 Å². The van der Waals surface area contributed by atoms with Gasteiger partial charge in [0.15, 0.2) is 0 Å². The van der Waals surface area contributed by atoms with Gasteiger partial charge in [-0.3, -0.25) is 0 Å². The van der Waals surface area contributed by atoms with E-state index in [1.54, 1.807) is 0 Å². The average molecular weight is 329 g/mol. The van der Waals surface area contributed by atoms with Gasteiger partial charge in [-0.05, 0) is 0 Å². The van der Waals surface area contributed by atoms with Crippen LogP contribution in [0.25, 0.3) is 0 Å². The van der Waals surface area contributed by atoms with Gasteiger partial charge in [-0.15, -0.1) is 0 Å². The summed E-state index contributed by atoms with van der Waals surface area (Å²) in [7, 11) is 0. The van der Waals surface area contributed by atoms with Crippen LogP contribution in [0.4, 0.5) is 0 Å². The van der Waals surface area contributed by atoms with Gasteiger partial charge >= 0.3 is 123 Å². The summed E-state index contributed by atoms with van der Waals surface area (Å²) >= 11 is 0.290.